The van der Waals surface area contributed by atoms with Crippen molar-refractivity contribution in [2.24, 2.45) is 0 Å². The van der Waals surface area contributed by atoms with Crippen molar-refractivity contribution < 1.29 is 22.7 Å². The molecule has 0 fully saturated rings. The van der Waals surface area contributed by atoms with E-state index in [1.54, 1.807) is 54.6 Å². The zero-order valence-electron chi connectivity index (χ0n) is 20.0. The number of fused-ring (bicyclic) bond motifs is 1. The maximum atomic E-state index is 13.1. The van der Waals surface area contributed by atoms with E-state index in [0.717, 1.165) is 17.7 Å². The van der Waals surface area contributed by atoms with Crippen molar-refractivity contribution in [1.82, 2.24) is 4.98 Å². The van der Waals surface area contributed by atoms with Gasteiger partial charge < -0.3 is 15.4 Å². The molecule has 0 aliphatic carbocycles. The molecule has 5 rings (SSSR count). The topological polar surface area (TPSA) is 63.2 Å². The Balaban J connectivity index is 1.31. The predicted octanol–water partition coefficient (Wildman–Crippen LogP) is 7.83. The summed E-state index contributed by atoms with van der Waals surface area (Å²) in [4.78, 5) is 17.2. The summed E-state index contributed by atoms with van der Waals surface area (Å²) in [6, 6.07) is 28.8. The van der Waals surface area contributed by atoms with Crippen LogP contribution in [0.1, 0.15) is 21.5 Å². The van der Waals surface area contributed by atoms with E-state index in [4.69, 9.17) is 4.74 Å². The van der Waals surface area contributed by atoms with Gasteiger partial charge in [-0.25, -0.2) is 0 Å². The number of benzene rings is 4. The highest BCUT2D eigenvalue weighted by atomic mass is 19.4. The van der Waals surface area contributed by atoms with Crippen molar-refractivity contribution in [2.75, 3.05) is 10.6 Å². The van der Waals surface area contributed by atoms with Crippen molar-refractivity contribution in [1.29, 1.82) is 0 Å². The van der Waals surface area contributed by atoms with Crippen LogP contribution in [-0.4, -0.2) is 10.9 Å². The van der Waals surface area contributed by atoms with E-state index in [1.165, 1.54) is 12.3 Å². The maximum Gasteiger partial charge on any atom is 0.416 e. The van der Waals surface area contributed by atoms with Crippen molar-refractivity contribution in [3.8, 4) is 5.75 Å². The van der Waals surface area contributed by atoms with Gasteiger partial charge in [0, 0.05) is 23.0 Å². The third-order valence-electron chi connectivity index (χ3n) is 5.87. The smallest absolute Gasteiger partial charge is 0.416 e. The standard InChI is InChI=1S/C30H22F3N3O2/c31-30(32,33)21-10-15-24-27(16-17-34-28(24)18-21)36-26-9-5-4-8-25(26)29(37)35-22-11-13-23(14-12-22)38-19-20-6-2-1-3-7-20/h1-18H,19H2,(H,34,36)(H,35,37). The zero-order valence-corrected chi connectivity index (χ0v) is 20.0. The Kier molecular flexibility index (Phi) is 6.95. The van der Waals surface area contributed by atoms with Gasteiger partial charge >= 0.3 is 6.18 Å². The van der Waals surface area contributed by atoms with Crippen LogP contribution in [0.4, 0.5) is 30.2 Å². The third-order valence-corrected chi connectivity index (χ3v) is 5.87. The number of halogens is 3. The summed E-state index contributed by atoms with van der Waals surface area (Å²) in [6.07, 6.45) is -3.04. The van der Waals surface area contributed by atoms with Crippen LogP contribution in [0.15, 0.2) is 109 Å². The van der Waals surface area contributed by atoms with Crippen molar-refractivity contribution in [3.05, 3.63) is 126 Å². The minimum Gasteiger partial charge on any atom is -0.489 e. The van der Waals surface area contributed by atoms with Gasteiger partial charge in [0.25, 0.3) is 5.91 Å². The first kappa shape index (κ1) is 24.8. The fourth-order valence-electron chi connectivity index (χ4n) is 3.94. The van der Waals surface area contributed by atoms with Crippen LogP contribution in [0.5, 0.6) is 5.75 Å². The van der Waals surface area contributed by atoms with Gasteiger partial charge in [0.2, 0.25) is 0 Å². The fraction of sp³-hybridized carbons (Fsp3) is 0.0667. The highest BCUT2D eigenvalue weighted by molar-refractivity contribution is 6.09. The number of ether oxygens (including phenoxy) is 1. The molecule has 38 heavy (non-hydrogen) atoms. The lowest BCUT2D eigenvalue weighted by atomic mass is 10.1. The quantitative estimate of drug-likeness (QED) is 0.233. The SMILES string of the molecule is O=C(Nc1ccc(OCc2ccccc2)cc1)c1ccccc1Nc1ccnc2cc(C(F)(F)F)ccc12. The van der Waals surface area contributed by atoms with E-state index < -0.39 is 11.7 Å². The van der Waals surface area contributed by atoms with Gasteiger partial charge in [0.15, 0.2) is 0 Å². The fourth-order valence-corrected chi connectivity index (χ4v) is 3.94. The van der Waals surface area contributed by atoms with Crippen LogP contribution in [0, 0.1) is 0 Å². The van der Waals surface area contributed by atoms with Gasteiger partial charge in [0.1, 0.15) is 12.4 Å². The molecule has 0 spiro atoms. The summed E-state index contributed by atoms with van der Waals surface area (Å²) in [5.41, 5.74) is 2.47. The Bertz CT molecular complexity index is 1570. The van der Waals surface area contributed by atoms with Gasteiger partial charge in [0.05, 0.1) is 22.3 Å². The normalized spacial score (nSPS) is 11.2. The summed E-state index contributed by atoms with van der Waals surface area (Å²) in [7, 11) is 0. The number of carbonyl (C=O) groups is 1. The first-order chi connectivity index (χ1) is 18.4. The summed E-state index contributed by atoms with van der Waals surface area (Å²) in [5.74, 6) is 0.330. The molecule has 1 heterocycles. The van der Waals surface area contributed by atoms with Crippen molar-refractivity contribution in [3.63, 3.8) is 0 Å². The molecular weight excluding hydrogens is 491 g/mol. The number of nitrogens with one attached hydrogen (secondary N) is 2. The Morgan fingerprint density at radius 2 is 1.55 bits per heavy atom. The van der Waals surface area contributed by atoms with Crippen LogP contribution in [0.2, 0.25) is 0 Å². The second kappa shape index (κ2) is 10.6. The summed E-state index contributed by atoms with van der Waals surface area (Å²) in [6.45, 7) is 0.437. The van der Waals surface area contributed by atoms with Crippen LogP contribution in [-0.2, 0) is 12.8 Å². The summed E-state index contributed by atoms with van der Waals surface area (Å²) < 4.78 is 45.2. The molecule has 0 aliphatic rings. The molecule has 5 nitrogen and oxygen atoms in total. The Morgan fingerprint density at radius 1 is 0.816 bits per heavy atom. The Labute approximate surface area is 216 Å². The van der Waals surface area contributed by atoms with E-state index in [9.17, 15) is 18.0 Å². The number of pyridine rings is 1. The van der Waals surface area contributed by atoms with Gasteiger partial charge in [-0.2, -0.15) is 13.2 Å². The number of alkyl halides is 3. The second-order valence-electron chi connectivity index (χ2n) is 8.51. The molecule has 0 radical (unpaired) electrons. The molecule has 1 amide bonds. The molecule has 5 aromatic rings. The van der Waals surface area contributed by atoms with Crippen LogP contribution < -0.4 is 15.4 Å². The van der Waals surface area contributed by atoms with Gasteiger partial charge in [-0.3, -0.25) is 9.78 Å². The number of rotatable bonds is 7. The second-order valence-corrected chi connectivity index (χ2v) is 8.51. The van der Waals surface area contributed by atoms with E-state index in [2.05, 4.69) is 15.6 Å². The lowest BCUT2D eigenvalue weighted by Crippen LogP contribution is -2.14. The monoisotopic (exact) mass is 513 g/mol. The molecule has 0 atom stereocenters. The van der Waals surface area contributed by atoms with E-state index in [-0.39, 0.29) is 11.4 Å². The van der Waals surface area contributed by atoms with Crippen LogP contribution in [0.3, 0.4) is 0 Å². The number of para-hydroxylation sites is 1. The van der Waals surface area contributed by atoms with Crippen molar-refractivity contribution >= 4 is 33.9 Å². The molecule has 4 aromatic carbocycles. The zero-order chi connectivity index (χ0) is 26.5. The lowest BCUT2D eigenvalue weighted by molar-refractivity contribution is -0.137. The average Bonchev–Trinajstić information content (AvgIpc) is 2.93. The molecule has 2 N–H and O–H groups in total. The van der Waals surface area contributed by atoms with Crippen molar-refractivity contribution in [2.45, 2.75) is 12.8 Å². The van der Waals surface area contributed by atoms with E-state index in [0.29, 0.717) is 40.4 Å². The van der Waals surface area contributed by atoms with Gasteiger partial charge in [-0.05, 0) is 60.2 Å². The molecular formula is C30H22F3N3O2. The molecule has 190 valence electrons. The molecule has 0 unspecified atom stereocenters. The molecule has 1 aromatic heterocycles. The lowest BCUT2D eigenvalue weighted by Gasteiger charge is -2.15. The maximum absolute atomic E-state index is 13.1. The predicted molar refractivity (Wildman–Crippen MR) is 142 cm³/mol. The number of hydrogen-bond donors (Lipinski definition) is 2. The first-order valence-electron chi connectivity index (χ1n) is 11.8. The molecule has 0 aliphatic heterocycles. The molecule has 0 saturated heterocycles. The molecule has 0 bridgehead atoms. The number of hydrogen-bond acceptors (Lipinski definition) is 4. The largest absolute Gasteiger partial charge is 0.489 e. The summed E-state index contributed by atoms with van der Waals surface area (Å²) >= 11 is 0. The third kappa shape index (κ3) is 5.75. The van der Waals surface area contributed by atoms with E-state index in [1.807, 2.05) is 30.3 Å². The molecule has 0 saturated carbocycles. The number of anilines is 3. The summed E-state index contributed by atoms with van der Waals surface area (Å²) in [5, 5.41) is 6.56. The van der Waals surface area contributed by atoms with Gasteiger partial charge in [-0.1, -0.05) is 48.5 Å². The average molecular weight is 514 g/mol. The molecule has 8 heteroatoms. The van der Waals surface area contributed by atoms with Crippen LogP contribution in [0.25, 0.3) is 10.9 Å². The minimum absolute atomic E-state index is 0.196. The van der Waals surface area contributed by atoms with Crippen LogP contribution >= 0.6 is 0 Å². The number of aromatic nitrogens is 1. The Hall–Kier alpha value is -4.85. The highest BCUT2D eigenvalue weighted by Crippen LogP contribution is 2.34. The minimum atomic E-state index is -4.46. The van der Waals surface area contributed by atoms with Gasteiger partial charge in [-0.15, -0.1) is 0 Å². The highest BCUT2D eigenvalue weighted by Gasteiger charge is 2.30. The van der Waals surface area contributed by atoms with E-state index >= 15 is 0 Å². The Morgan fingerprint density at radius 3 is 2.32 bits per heavy atom. The number of nitrogens with zero attached hydrogens (tertiary/aromatic N) is 1. The first-order valence-corrected chi connectivity index (χ1v) is 11.8. The number of carbonyl (C=O) groups excluding carboxylic acids is 1. The number of amides is 1.